The van der Waals surface area contributed by atoms with Crippen LogP contribution in [0.5, 0.6) is 0 Å². The van der Waals surface area contributed by atoms with Gasteiger partial charge in [0.15, 0.2) is 0 Å². The van der Waals surface area contributed by atoms with Crippen LogP contribution in [-0.4, -0.2) is 17.8 Å². The summed E-state index contributed by atoms with van der Waals surface area (Å²) in [6.45, 7) is 6.79. The third-order valence-corrected chi connectivity index (χ3v) is 4.84. The van der Waals surface area contributed by atoms with Gasteiger partial charge in [0.1, 0.15) is 0 Å². The molecule has 0 saturated heterocycles. The Morgan fingerprint density at radius 1 is 0.870 bits per heavy atom. The van der Waals surface area contributed by atoms with E-state index in [2.05, 4.69) is 26.8 Å². The molecule has 0 saturated carbocycles. The van der Waals surface area contributed by atoms with Gasteiger partial charge < -0.3 is 4.79 Å². The Hall–Kier alpha value is -1.14. The standard InChI is InChI=1S/C19H27O3.Co/c1-4-19(5-2,6-3)13-10-8-7-9-11-17(15-21)18(16-22)12-14-20;/h4-11,13H2,1-3H3;/q-1;. The summed E-state index contributed by atoms with van der Waals surface area (Å²) in [4.78, 5) is 31.7. The van der Waals surface area contributed by atoms with Gasteiger partial charge in [-0.25, -0.2) is 9.59 Å². The van der Waals surface area contributed by atoms with E-state index >= 15 is 0 Å². The summed E-state index contributed by atoms with van der Waals surface area (Å²) in [6, 6.07) is 0. The molecule has 0 aliphatic heterocycles. The van der Waals surface area contributed by atoms with Gasteiger partial charge in [0.2, 0.25) is 0 Å². The number of hydrogen-bond donors (Lipinski definition) is 0. The summed E-state index contributed by atoms with van der Waals surface area (Å²) in [5, 5.41) is 0. The Bertz CT molecular complexity index is 465. The first-order valence-corrected chi connectivity index (χ1v) is 8.25. The number of hydrogen-bond acceptors (Lipinski definition) is 3. The Morgan fingerprint density at radius 2 is 1.43 bits per heavy atom. The summed E-state index contributed by atoms with van der Waals surface area (Å²) in [6.07, 6.45) is 11.5. The molecule has 1 radical (unpaired) electrons. The summed E-state index contributed by atoms with van der Waals surface area (Å²) in [7, 11) is 0. The van der Waals surface area contributed by atoms with Crippen LogP contribution in [0.1, 0.15) is 78.6 Å². The number of unbranched alkanes of at least 4 members (excludes halogenated alkanes) is 3. The zero-order valence-corrected chi connectivity index (χ0v) is 15.5. The van der Waals surface area contributed by atoms with E-state index in [0.717, 1.165) is 19.3 Å². The number of rotatable bonds is 12. The molecule has 0 aliphatic carbocycles. The SMILES string of the molecule is CCC(CC)(CC)CCCCCCC(=C=O)C(=C=O)[C-]=C=O.[Co]. The van der Waals surface area contributed by atoms with Gasteiger partial charge in [-0.3, -0.25) is 0 Å². The molecule has 0 spiro atoms. The second-order valence-electron chi connectivity index (χ2n) is 5.76. The number of carbonyl (C=O) groups excluding carboxylic acids is 3. The zero-order valence-electron chi connectivity index (χ0n) is 14.4. The first-order valence-electron chi connectivity index (χ1n) is 8.25. The molecule has 0 aromatic rings. The first kappa shape index (κ1) is 24.1. The molecule has 4 heteroatoms. The molecular weight excluding hydrogens is 335 g/mol. The molecule has 0 amide bonds. The maximum atomic E-state index is 10.8. The molecule has 0 rings (SSSR count). The normalized spacial score (nSPS) is 9.87. The van der Waals surface area contributed by atoms with Crippen molar-refractivity contribution in [3.05, 3.63) is 17.2 Å². The summed E-state index contributed by atoms with van der Waals surface area (Å²) >= 11 is 0. The molecule has 0 unspecified atom stereocenters. The van der Waals surface area contributed by atoms with Crippen LogP contribution in [0.25, 0.3) is 0 Å². The average Bonchev–Trinajstić information content (AvgIpc) is 2.56. The molecule has 0 atom stereocenters. The smallest absolute Gasteiger partial charge is 0.0605 e. The van der Waals surface area contributed by atoms with Crippen LogP contribution in [0, 0.1) is 11.5 Å². The minimum absolute atomic E-state index is 0. The maximum Gasteiger partial charge on any atom is 0.0605 e. The topological polar surface area (TPSA) is 51.2 Å². The van der Waals surface area contributed by atoms with Gasteiger partial charge >= 0.3 is 0 Å². The van der Waals surface area contributed by atoms with Crippen molar-refractivity contribution in [2.45, 2.75) is 78.6 Å². The third kappa shape index (κ3) is 8.91. The summed E-state index contributed by atoms with van der Waals surface area (Å²) in [5.74, 6) is 4.63. The second-order valence-corrected chi connectivity index (χ2v) is 5.76. The van der Waals surface area contributed by atoms with Crippen LogP contribution in [0.15, 0.2) is 11.1 Å². The van der Waals surface area contributed by atoms with E-state index in [9.17, 15) is 14.4 Å². The molecule has 0 aromatic carbocycles. The summed E-state index contributed by atoms with van der Waals surface area (Å²) in [5.41, 5.74) is 0.501. The van der Waals surface area contributed by atoms with E-state index in [1.165, 1.54) is 38.0 Å². The largest absolute Gasteiger partial charge is 0.322 e. The van der Waals surface area contributed by atoms with E-state index in [-0.39, 0.29) is 27.9 Å². The van der Waals surface area contributed by atoms with E-state index in [4.69, 9.17) is 0 Å². The van der Waals surface area contributed by atoms with Crippen molar-refractivity contribution in [1.29, 1.82) is 0 Å². The van der Waals surface area contributed by atoms with Crippen molar-refractivity contribution < 1.29 is 31.2 Å². The van der Waals surface area contributed by atoms with Crippen LogP contribution in [0.3, 0.4) is 0 Å². The van der Waals surface area contributed by atoms with Crippen LogP contribution in [0.4, 0.5) is 0 Å². The van der Waals surface area contributed by atoms with Crippen molar-refractivity contribution in [3.63, 3.8) is 0 Å². The molecule has 0 N–H and O–H groups in total. The Morgan fingerprint density at radius 3 is 1.87 bits per heavy atom. The van der Waals surface area contributed by atoms with E-state index < -0.39 is 0 Å². The molecule has 0 aromatic heterocycles. The Labute approximate surface area is 150 Å². The fourth-order valence-electron chi connectivity index (χ4n) is 2.88. The van der Waals surface area contributed by atoms with Gasteiger partial charge in [0.05, 0.1) is 11.9 Å². The van der Waals surface area contributed by atoms with Gasteiger partial charge in [-0.05, 0) is 17.8 Å². The predicted octanol–water partition coefficient (Wildman–Crippen LogP) is 4.25. The minimum Gasteiger partial charge on any atom is -0.322 e. The fourth-order valence-corrected chi connectivity index (χ4v) is 2.88. The maximum absolute atomic E-state index is 10.8. The molecule has 3 nitrogen and oxygen atoms in total. The number of allylic oxidation sites excluding steroid dienone is 3. The molecular formula is C19H27CoO3-. The van der Waals surface area contributed by atoms with E-state index in [1.54, 1.807) is 11.9 Å². The van der Waals surface area contributed by atoms with Crippen molar-refractivity contribution in [2.24, 2.45) is 5.41 Å². The molecule has 0 bridgehead atoms. The Balaban J connectivity index is 0. The Kier molecular flexibility index (Phi) is 15.1. The quantitative estimate of drug-likeness (QED) is 0.226. The molecule has 23 heavy (non-hydrogen) atoms. The first-order chi connectivity index (χ1) is 10.6. The third-order valence-electron chi connectivity index (χ3n) is 4.84. The molecule has 0 aliphatic rings. The van der Waals surface area contributed by atoms with Gasteiger partial charge in [0.25, 0.3) is 0 Å². The van der Waals surface area contributed by atoms with Crippen molar-refractivity contribution in [2.75, 3.05) is 0 Å². The van der Waals surface area contributed by atoms with E-state index in [1.807, 2.05) is 0 Å². The predicted molar refractivity (Wildman–Crippen MR) is 88.4 cm³/mol. The molecule has 131 valence electrons. The average molecular weight is 362 g/mol. The van der Waals surface area contributed by atoms with E-state index in [0.29, 0.717) is 11.8 Å². The monoisotopic (exact) mass is 362 g/mol. The molecule has 0 fully saturated rings. The van der Waals surface area contributed by atoms with Crippen LogP contribution in [-0.2, 0) is 31.2 Å². The van der Waals surface area contributed by atoms with Crippen LogP contribution in [0.2, 0.25) is 0 Å². The van der Waals surface area contributed by atoms with Gasteiger partial charge in [-0.15, -0.1) is 0 Å². The van der Waals surface area contributed by atoms with Crippen molar-refractivity contribution in [1.82, 2.24) is 0 Å². The van der Waals surface area contributed by atoms with Crippen molar-refractivity contribution >= 4 is 17.8 Å². The van der Waals surface area contributed by atoms with Crippen LogP contribution >= 0.6 is 0 Å². The van der Waals surface area contributed by atoms with Crippen LogP contribution < -0.4 is 0 Å². The fraction of sp³-hybridized carbons (Fsp3) is 0.684. The van der Waals surface area contributed by atoms with Gasteiger partial charge in [-0.2, -0.15) is 0 Å². The van der Waals surface area contributed by atoms with Gasteiger partial charge in [0, 0.05) is 16.8 Å². The minimum atomic E-state index is -0.146. The van der Waals surface area contributed by atoms with Gasteiger partial charge in [-0.1, -0.05) is 89.4 Å². The zero-order chi connectivity index (χ0) is 16.8. The van der Waals surface area contributed by atoms with Crippen molar-refractivity contribution in [3.8, 4) is 0 Å². The summed E-state index contributed by atoms with van der Waals surface area (Å²) < 4.78 is 0. The second kappa shape index (κ2) is 14.4. The molecule has 0 heterocycles.